The number of amides is 1. The molecule has 3 heteroatoms. The van der Waals surface area contributed by atoms with Crippen molar-refractivity contribution in [2.75, 3.05) is 6.54 Å². The Labute approximate surface area is 112 Å². The van der Waals surface area contributed by atoms with Crippen LogP contribution in [-0.4, -0.2) is 24.5 Å². The highest BCUT2D eigenvalue weighted by Gasteiger charge is 2.23. The molecule has 1 saturated heterocycles. The number of nitrogens with one attached hydrogen (secondary N) is 2. The molecule has 0 aromatic carbocycles. The lowest BCUT2D eigenvalue weighted by Gasteiger charge is -2.30. The maximum atomic E-state index is 11.9. The van der Waals surface area contributed by atoms with E-state index in [-0.39, 0.29) is 5.91 Å². The summed E-state index contributed by atoms with van der Waals surface area (Å²) < 4.78 is 0. The van der Waals surface area contributed by atoms with Gasteiger partial charge in [0.2, 0.25) is 5.91 Å². The highest BCUT2D eigenvalue weighted by molar-refractivity contribution is 5.76. The molecule has 3 atom stereocenters. The van der Waals surface area contributed by atoms with Gasteiger partial charge >= 0.3 is 0 Å². The minimum atomic E-state index is 0.213. The first-order chi connectivity index (χ1) is 8.63. The van der Waals surface area contributed by atoms with Gasteiger partial charge in [-0.05, 0) is 38.6 Å². The van der Waals surface area contributed by atoms with E-state index in [2.05, 4.69) is 31.4 Å². The summed E-state index contributed by atoms with van der Waals surface area (Å²) in [6.45, 7) is 7.63. The maximum Gasteiger partial charge on any atom is 0.221 e. The maximum absolute atomic E-state index is 11.9. The summed E-state index contributed by atoms with van der Waals surface area (Å²) in [4.78, 5) is 11.9. The Morgan fingerprint density at radius 3 is 2.89 bits per heavy atom. The molecule has 3 nitrogen and oxygen atoms in total. The second-order valence-corrected chi connectivity index (χ2v) is 5.85. The molecule has 1 aliphatic rings. The molecule has 0 aromatic rings. The lowest BCUT2D eigenvalue weighted by Crippen LogP contribution is -2.44. The number of hydrogen-bond donors (Lipinski definition) is 2. The van der Waals surface area contributed by atoms with Gasteiger partial charge in [-0.1, -0.05) is 33.1 Å². The molecule has 0 bridgehead atoms. The molecule has 0 radical (unpaired) electrons. The Kier molecular flexibility index (Phi) is 7.33. The van der Waals surface area contributed by atoms with Crippen LogP contribution in [-0.2, 0) is 4.79 Å². The van der Waals surface area contributed by atoms with E-state index < -0.39 is 0 Å². The Hall–Kier alpha value is -0.570. The summed E-state index contributed by atoms with van der Waals surface area (Å²) in [5.41, 5.74) is 0. The van der Waals surface area contributed by atoms with Crippen LogP contribution in [0.25, 0.3) is 0 Å². The zero-order chi connectivity index (χ0) is 13.4. The van der Waals surface area contributed by atoms with Crippen LogP contribution in [0, 0.1) is 5.92 Å². The third-order valence-electron chi connectivity index (χ3n) is 3.98. The summed E-state index contributed by atoms with van der Waals surface area (Å²) in [7, 11) is 0. The molecule has 0 spiro atoms. The zero-order valence-electron chi connectivity index (χ0n) is 12.3. The quantitative estimate of drug-likeness (QED) is 0.686. The average molecular weight is 254 g/mol. The minimum absolute atomic E-state index is 0.213. The molecule has 1 fully saturated rings. The van der Waals surface area contributed by atoms with E-state index in [1.165, 1.54) is 32.1 Å². The molecule has 1 amide bonds. The van der Waals surface area contributed by atoms with Crippen LogP contribution in [0.15, 0.2) is 0 Å². The molecular formula is C15H30N2O. The van der Waals surface area contributed by atoms with Gasteiger partial charge in [-0.3, -0.25) is 4.79 Å². The van der Waals surface area contributed by atoms with Gasteiger partial charge in [-0.15, -0.1) is 0 Å². The number of carbonyl (C=O) groups is 1. The van der Waals surface area contributed by atoms with E-state index >= 15 is 0 Å². The Bertz CT molecular complexity index is 243. The first kappa shape index (κ1) is 15.5. The highest BCUT2D eigenvalue weighted by Crippen LogP contribution is 2.18. The van der Waals surface area contributed by atoms with Crippen molar-refractivity contribution in [2.24, 2.45) is 5.92 Å². The first-order valence-electron chi connectivity index (χ1n) is 7.66. The average Bonchev–Trinajstić information content (AvgIpc) is 2.32. The van der Waals surface area contributed by atoms with Crippen LogP contribution < -0.4 is 10.6 Å². The van der Waals surface area contributed by atoms with Crippen LogP contribution in [0.4, 0.5) is 0 Å². The molecule has 0 saturated carbocycles. The number of unbranched alkanes of at least 4 members (excludes halogenated alkanes) is 2. The van der Waals surface area contributed by atoms with Crippen molar-refractivity contribution in [3.8, 4) is 0 Å². The van der Waals surface area contributed by atoms with Crippen molar-refractivity contribution in [3.05, 3.63) is 0 Å². The van der Waals surface area contributed by atoms with Gasteiger partial charge < -0.3 is 10.6 Å². The van der Waals surface area contributed by atoms with Gasteiger partial charge in [-0.2, -0.15) is 0 Å². The van der Waals surface area contributed by atoms with Gasteiger partial charge in [0.15, 0.2) is 0 Å². The van der Waals surface area contributed by atoms with Crippen LogP contribution in [0.1, 0.15) is 65.7 Å². The van der Waals surface area contributed by atoms with Gasteiger partial charge in [0, 0.05) is 18.5 Å². The van der Waals surface area contributed by atoms with E-state index in [4.69, 9.17) is 0 Å². The van der Waals surface area contributed by atoms with E-state index in [0.717, 1.165) is 13.0 Å². The van der Waals surface area contributed by atoms with E-state index in [1.807, 2.05) is 0 Å². The van der Waals surface area contributed by atoms with Crippen molar-refractivity contribution in [1.82, 2.24) is 10.6 Å². The number of piperidine rings is 1. The second kappa shape index (κ2) is 8.52. The Morgan fingerprint density at radius 2 is 2.22 bits per heavy atom. The molecule has 106 valence electrons. The predicted octanol–water partition coefficient (Wildman–Crippen LogP) is 2.85. The molecule has 2 N–H and O–H groups in total. The molecular weight excluding hydrogens is 224 g/mol. The third kappa shape index (κ3) is 5.85. The summed E-state index contributed by atoms with van der Waals surface area (Å²) in [6.07, 6.45) is 7.96. The zero-order valence-corrected chi connectivity index (χ0v) is 12.3. The molecule has 1 heterocycles. The van der Waals surface area contributed by atoms with Gasteiger partial charge in [-0.25, -0.2) is 0 Å². The van der Waals surface area contributed by atoms with Crippen molar-refractivity contribution in [2.45, 2.75) is 77.8 Å². The smallest absolute Gasteiger partial charge is 0.221 e. The number of rotatable bonds is 7. The summed E-state index contributed by atoms with van der Waals surface area (Å²) in [5.74, 6) is 0.838. The van der Waals surface area contributed by atoms with E-state index in [1.54, 1.807) is 0 Å². The van der Waals surface area contributed by atoms with Crippen molar-refractivity contribution in [3.63, 3.8) is 0 Å². The Morgan fingerprint density at radius 1 is 1.44 bits per heavy atom. The lowest BCUT2D eigenvalue weighted by atomic mass is 9.90. The van der Waals surface area contributed by atoms with Crippen LogP contribution in [0.2, 0.25) is 0 Å². The van der Waals surface area contributed by atoms with Gasteiger partial charge in [0.25, 0.3) is 0 Å². The predicted molar refractivity (Wildman–Crippen MR) is 76.6 cm³/mol. The molecule has 1 aliphatic heterocycles. The fraction of sp³-hybridized carbons (Fsp3) is 0.933. The monoisotopic (exact) mass is 254 g/mol. The second-order valence-electron chi connectivity index (χ2n) is 5.85. The van der Waals surface area contributed by atoms with E-state index in [0.29, 0.717) is 24.4 Å². The highest BCUT2D eigenvalue weighted by atomic mass is 16.1. The molecule has 3 unspecified atom stereocenters. The molecule has 0 aliphatic carbocycles. The molecule has 0 aromatic heterocycles. The fourth-order valence-corrected chi connectivity index (χ4v) is 2.69. The minimum Gasteiger partial charge on any atom is -0.354 e. The molecule has 18 heavy (non-hydrogen) atoms. The third-order valence-corrected chi connectivity index (χ3v) is 3.98. The number of hydrogen-bond acceptors (Lipinski definition) is 2. The SMILES string of the molecule is CCCCCC(C)NC(=O)CC1NCCCC1C. The standard InChI is InChI=1S/C15H30N2O/c1-4-5-6-9-13(3)17-15(18)11-14-12(2)8-7-10-16-14/h12-14,16H,4-11H2,1-3H3,(H,17,18). The van der Waals surface area contributed by atoms with Crippen molar-refractivity contribution < 1.29 is 4.79 Å². The van der Waals surface area contributed by atoms with Crippen LogP contribution >= 0.6 is 0 Å². The Balaban J connectivity index is 2.19. The molecule has 1 rings (SSSR count). The van der Waals surface area contributed by atoms with E-state index in [9.17, 15) is 4.79 Å². The van der Waals surface area contributed by atoms with Gasteiger partial charge in [0.05, 0.1) is 0 Å². The lowest BCUT2D eigenvalue weighted by molar-refractivity contribution is -0.122. The normalized spacial score (nSPS) is 25.7. The van der Waals surface area contributed by atoms with Crippen LogP contribution in [0.3, 0.4) is 0 Å². The summed E-state index contributed by atoms with van der Waals surface area (Å²) in [6, 6.07) is 0.699. The van der Waals surface area contributed by atoms with Gasteiger partial charge in [0.1, 0.15) is 0 Å². The summed E-state index contributed by atoms with van der Waals surface area (Å²) >= 11 is 0. The van der Waals surface area contributed by atoms with Crippen LogP contribution in [0.5, 0.6) is 0 Å². The topological polar surface area (TPSA) is 41.1 Å². The van der Waals surface area contributed by atoms with Crippen molar-refractivity contribution in [1.29, 1.82) is 0 Å². The summed E-state index contributed by atoms with van der Waals surface area (Å²) in [5, 5.41) is 6.59. The number of carbonyl (C=O) groups excluding carboxylic acids is 1. The fourth-order valence-electron chi connectivity index (χ4n) is 2.69. The van der Waals surface area contributed by atoms with Crippen molar-refractivity contribution >= 4 is 5.91 Å². The first-order valence-corrected chi connectivity index (χ1v) is 7.66. The largest absolute Gasteiger partial charge is 0.354 e.